The molecule has 1 atom stereocenters. The smallest absolute Gasteiger partial charge is 0.347 e. The van der Waals surface area contributed by atoms with Gasteiger partial charge in [-0.3, -0.25) is 0 Å². The average Bonchev–Trinajstić information content (AvgIpc) is 2.55. The highest BCUT2D eigenvalue weighted by Gasteiger charge is 2.18. The molecule has 0 spiro atoms. The molecule has 1 aromatic heterocycles. The summed E-state index contributed by atoms with van der Waals surface area (Å²) < 4.78 is 11.0. The van der Waals surface area contributed by atoms with E-state index in [0.717, 1.165) is 4.47 Å². The predicted molar refractivity (Wildman–Crippen MR) is 88.1 cm³/mol. The molecule has 0 fully saturated rings. The topological polar surface area (TPSA) is 81.5 Å². The third-order valence-corrected chi connectivity index (χ3v) is 3.23. The molecular formula is C16H15BrN2O4. The number of benzene rings is 1. The maximum atomic E-state index is 11.6. The minimum atomic E-state index is -0.851. The van der Waals surface area contributed by atoms with Crippen LogP contribution in [0.5, 0.6) is 11.5 Å². The Labute approximate surface area is 141 Å². The van der Waals surface area contributed by atoms with Gasteiger partial charge in [-0.2, -0.15) is 0 Å². The highest BCUT2D eigenvalue weighted by atomic mass is 79.9. The summed E-state index contributed by atoms with van der Waals surface area (Å²) in [6.07, 6.45) is 3.84. The van der Waals surface area contributed by atoms with Gasteiger partial charge in [-0.05, 0) is 41.1 Å². The van der Waals surface area contributed by atoms with Crippen LogP contribution in [-0.4, -0.2) is 33.8 Å². The van der Waals surface area contributed by atoms with Crippen LogP contribution in [0.25, 0.3) is 11.4 Å². The number of phenols is 1. The molecule has 0 amide bonds. The van der Waals surface area contributed by atoms with E-state index in [4.69, 9.17) is 9.47 Å². The van der Waals surface area contributed by atoms with Crippen molar-refractivity contribution in [1.82, 2.24) is 9.97 Å². The van der Waals surface area contributed by atoms with E-state index in [9.17, 15) is 9.90 Å². The lowest BCUT2D eigenvalue weighted by Crippen LogP contribution is -2.26. The Bertz CT molecular complexity index is 704. The first kappa shape index (κ1) is 17.0. The zero-order chi connectivity index (χ0) is 16.8. The fraction of sp³-hybridized carbons (Fsp3) is 0.188. The lowest BCUT2D eigenvalue weighted by atomic mass is 10.2. The normalized spacial score (nSPS) is 11.6. The van der Waals surface area contributed by atoms with E-state index >= 15 is 0 Å². The first-order valence-electron chi connectivity index (χ1n) is 6.76. The summed E-state index contributed by atoms with van der Waals surface area (Å²) in [5.41, 5.74) is 0.629. The van der Waals surface area contributed by atoms with Crippen LogP contribution in [0.4, 0.5) is 0 Å². The third kappa shape index (κ3) is 4.53. The number of esters is 1. The summed E-state index contributed by atoms with van der Waals surface area (Å²) in [4.78, 5) is 19.9. The first-order chi connectivity index (χ1) is 11.0. The predicted octanol–water partition coefficient (Wildman–Crippen LogP) is 3.11. The summed E-state index contributed by atoms with van der Waals surface area (Å²) in [6.45, 7) is 5.11. The largest absolute Gasteiger partial charge is 0.504 e. The fourth-order valence-electron chi connectivity index (χ4n) is 1.71. The second kappa shape index (κ2) is 7.73. The number of carbonyl (C=O) groups is 1. The summed E-state index contributed by atoms with van der Waals surface area (Å²) in [6, 6.07) is 4.72. The maximum Gasteiger partial charge on any atom is 0.347 e. The monoisotopic (exact) mass is 378 g/mol. The first-order valence-corrected chi connectivity index (χ1v) is 7.55. The second-order valence-electron chi connectivity index (χ2n) is 4.59. The van der Waals surface area contributed by atoms with Gasteiger partial charge in [0, 0.05) is 18.0 Å². The van der Waals surface area contributed by atoms with E-state index in [1.54, 1.807) is 24.5 Å². The number of aromatic hydroxyl groups is 1. The van der Waals surface area contributed by atoms with Gasteiger partial charge in [0.1, 0.15) is 6.61 Å². The number of halogens is 1. The van der Waals surface area contributed by atoms with Crippen LogP contribution in [0.1, 0.15) is 6.92 Å². The van der Waals surface area contributed by atoms with E-state index in [1.165, 1.54) is 19.1 Å². The summed E-state index contributed by atoms with van der Waals surface area (Å²) in [5, 5.41) is 10.1. The average molecular weight is 379 g/mol. The highest BCUT2D eigenvalue weighted by Crippen LogP contribution is 2.31. The van der Waals surface area contributed by atoms with Crippen LogP contribution in [0.2, 0.25) is 0 Å². The summed E-state index contributed by atoms with van der Waals surface area (Å²) in [5.74, 6) is -0.00980. The molecule has 2 rings (SSSR count). The Hall–Kier alpha value is -2.41. The van der Waals surface area contributed by atoms with Gasteiger partial charge < -0.3 is 14.6 Å². The van der Waals surface area contributed by atoms with Gasteiger partial charge in [0.05, 0.1) is 4.47 Å². The molecule has 0 aliphatic carbocycles. The second-order valence-corrected chi connectivity index (χ2v) is 5.50. The van der Waals surface area contributed by atoms with E-state index in [2.05, 4.69) is 32.5 Å². The Morgan fingerprint density at radius 1 is 1.43 bits per heavy atom. The van der Waals surface area contributed by atoms with Crippen molar-refractivity contribution >= 4 is 21.9 Å². The van der Waals surface area contributed by atoms with Crippen LogP contribution < -0.4 is 4.74 Å². The molecule has 1 unspecified atom stereocenters. The molecule has 6 nitrogen and oxygen atoms in total. The molecule has 1 N–H and O–H groups in total. The van der Waals surface area contributed by atoms with Crippen LogP contribution in [0, 0.1) is 0 Å². The van der Waals surface area contributed by atoms with Gasteiger partial charge >= 0.3 is 5.97 Å². The third-order valence-electron chi connectivity index (χ3n) is 2.82. The number of carbonyl (C=O) groups excluding carboxylic acids is 1. The van der Waals surface area contributed by atoms with Crippen molar-refractivity contribution in [2.45, 2.75) is 13.0 Å². The van der Waals surface area contributed by atoms with Crippen LogP contribution in [0.3, 0.4) is 0 Å². The Balaban J connectivity index is 2.11. The zero-order valence-corrected chi connectivity index (χ0v) is 14.0. The summed E-state index contributed by atoms with van der Waals surface area (Å²) in [7, 11) is 0. The number of ether oxygens (including phenoxy) is 2. The molecule has 0 radical (unpaired) electrons. The lowest BCUT2D eigenvalue weighted by Gasteiger charge is -2.14. The molecule has 7 heteroatoms. The molecule has 0 saturated carbocycles. The number of hydrogen-bond acceptors (Lipinski definition) is 6. The van der Waals surface area contributed by atoms with Gasteiger partial charge in [-0.1, -0.05) is 12.7 Å². The number of rotatable bonds is 6. The number of phenolic OH excluding ortho intramolecular Hbond substituents is 1. The highest BCUT2D eigenvalue weighted by molar-refractivity contribution is 9.10. The number of hydrogen-bond donors (Lipinski definition) is 1. The molecular weight excluding hydrogens is 364 g/mol. The molecule has 1 aromatic carbocycles. The quantitative estimate of drug-likeness (QED) is 0.614. The van der Waals surface area contributed by atoms with Crippen molar-refractivity contribution in [1.29, 1.82) is 0 Å². The van der Waals surface area contributed by atoms with Crippen molar-refractivity contribution in [3.8, 4) is 22.9 Å². The molecule has 0 aliphatic rings. The fourth-order valence-corrected chi connectivity index (χ4v) is 1.92. The number of aromatic nitrogens is 2. The SMILES string of the molecule is C=CCOC(=O)C(C)Oc1ccc(-c2ncc(Br)cn2)cc1O. The van der Waals surface area contributed by atoms with Crippen molar-refractivity contribution in [2.75, 3.05) is 6.61 Å². The minimum absolute atomic E-state index is 0.109. The molecule has 120 valence electrons. The molecule has 1 heterocycles. The number of nitrogens with zero attached hydrogens (tertiary/aromatic N) is 2. The minimum Gasteiger partial charge on any atom is -0.504 e. The summed E-state index contributed by atoms with van der Waals surface area (Å²) >= 11 is 3.26. The van der Waals surface area contributed by atoms with E-state index in [-0.39, 0.29) is 18.1 Å². The van der Waals surface area contributed by atoms with E-state index in [1.807, 2.05) is 0 Å². The molecule has 23 heavy (non-hydrogen) atoms. The zero-order valence-electron chi connectivity index (χ0n) is 12.4. The molecule has 2 aromatic rings. The van der Waals surface area contributed by atoms with Gasteiger partial charge in [0.15, 0.2) is 23.4 Å². The Morgan fingerprint density at radius 2 is 2.13 bits per heavy atom. The van der Waals surface area contributed by atoms with E-state index < -0.39 is 12.1 Å². The Kier molecular flexibility index (Phi) is 5.70. The van der Waals surface area contributed by atoms with Crippen LogP contribution >= 0.6 is 15.9 Å². The van der Waals surface area contributed by atoms with Crippen molar-refractivity contribution < 1.29 is 19.4 Å². The van der Waals surface area contributed by atoms with Crippen LogP contribution in [0.15, 0.2) is 47.7 Å². The van der Waals surface area contributed by atoms with Gasteiger partial charge in [0.25, 0.3) is 0 Å². The molecule has 0 saturated heterocycles. The van der Waals surface area contributed by atoms with E-state index in [0.29, 0.717) is 11.4 Å². The van der Waals surface area contributed by atoms with Gasteiger partial charge in [-0.15, -0.1) is 0 Å². The van der Waals surface area contributed by atoms with Crippen molar-refractivity contribution in [3.05, 3.63) is 47.7 Å². The van der Waals surface area contributed by atoms with Gasteiger partial charge in [0.2, 0.25) is 0 Å². The molecule has 0 aliphatic heterocycles. The van der Waals surface area contributed by atoms with Crippen LogP contribution in [-0.2, 0) is 9.53 Å². The Morgan fingerprint density at radius 3 is 2.74 bits per heavy atom. The molecule has 0 bridgehead atoms. The standard InChI is InChI=1S/C16H15BrN2O4/c1-3-6-22-16(21)10(2)23-14-5-4-11(7-13(14)20)15-18-8-12(17)9-19-15/h3-5,7-10,20H,1,6H2,2H3. The van der Waals surface area contributed by atoms with Gasteiger partial charge in [-0.25, -0.2) is 14.8 Å². The van der Waals surface area contributed by atoms with Crippen molar-refractivity contribution in [3.63, 3.8) is 0 Å². The maximum absolute atomic E-state index is 11.6. The lowest BCUT2D eigenvalue weighted by molar-refractivity contribution is -0.149. The van der Waals surface area contributed by atoms with Crippen molar-refractivity contribution in [2.24, 2.45) is 0 Å².